The summed E-state index contributed by atoms with van der Waals surface area (Å²) in [6.45, 7) is -0.200. The average molecular weight is 157 g/mol. The minimum absolute atomic E-state index is 0.200. The fraction of sp³-hybridized carbons (Fsp3) is 0.143. The highest BCUT2D eigenvalue weighted by Crippen LogP contribution is 2.08. The van der Waals surface area contributed by atoms with Crippen LogP contribution in [0.15, 0.2) is 23.4 Å². The predicted octanol–water partition coefficient (Wildman–Crippen LogP) is 2.23. The summed E-state index contributed by atoms with van der Waals surface area (Å²) >= 11 is 0. The van der Waals surface area contributed by atoms with Gasteiger partial charge in [0, 0.05) is 6.07 Å². The standard InChI is InChI=1S/C7H5F2NO/c8-6-1-5(4-10-11)2-7(9)3-6/h1-3H,4H2. The molecule has 58 valence electrons. The van der Waals surface area contributed by atoms with Crippen molar-refractivity contribution in [1.29, 1.82) is 0 Å². The first kappa shape index (κ1) is 7.78. The maximum absolute atomic E-state index is 12.4. The molecule has 0 aliphatic carbocycles. The second kappa shape index (κ2) is 3.18. The molecule has 0 amide bonds. The van der Waals surface area contributed by atoms with Crippen molar-refractivity contribution in [3.8, 4) is 0 Å². The smallest absolute Gasteiger partial charge is 0.126 e. The third-order valence-corrected chi connectivity index (χ3v) is 1.17. The summed E-state index contributed by atoms with van der Waals surface area (Å²) in [5, 5.41) is 2.50. The first-order chi connectivity index (χ1) is 5.22. The minimum atomic E-state index is -0.691. The Labute approximate surface area is 61.8 Å². The lowest BCUT2D eigenvalue weighted by atomic mass is 10.2. The van der Waals surface area contributed by atoms with Crippen LogP contribution < -0.4 is 0 Å². The van der Waals surface area contributed by atoms with Gasteiger partial charge in [-0.05, 0) is 17.7 Å². The molecule has 0 saturated carbocycles. The van der Waals surface area contributed by atoms with Crippen LogP contribution in [0.3, 0.4) is 0 Å². The van der Waals surface area contributed by atoms with E-state index in [0.717, 1.165) is 18.2 Å². The molecule has 1 rings (SSSR count). The number of rotatable bonds is 2. The summed E-state index contributed by atoms with van der Waals surface area (Å²) in [6, 6.07) is 2.89. The number of nitroso groups, excluding NO2 is 1. The van der Waals surface area contributed by atoms with Crippen molar-refractivity contribution < 1.29 is 8.78 Å². The van der Waals surface area contributed by atoms with Gasteiger partial charge in [-0.15, -0.1) is 0 Å². The number of benzene rings is 1. The van der Waals surface area contributed by atoms with Gasteiger partial charge in [-0.2, -0.15) is 4.91 Å². The van der Waals surface area contributed by atoms with Gasteiger partial charge >= 0.3 is 0 Å². The third-order valence-electron chi connectivity index (χ3n) is 1.17. The number of halogens is 2. The third kappa shape index (κ3) is 2.07. The molecular weight excluding hydrogens is 152 g/mol. The molecule has 0 aliphatic heterocycles. The molecule has 0 radical (unpaired) electrons. The summed E-state index contributed by atoms with van der Waals surface area (Å²) in [4.78, 5) is 9.70. The van der Waals surface area contributed by atoms with Gasteiger partial charge in [-0.3, -0.25) is 0 Å². The van der Waals surface area contributed by atoms with Gasteiger partial charge in [0.1, 0.15) is 18.2 Å². The monoisotopic (exact) mass is 157 g/mol. The lowest BCUT2D eigenvalue weighted by Gasteiger charge is -1.94. The SMILES string of the molecule is O=NCc1cc(F)cc(F)c1. The molecule has 1 aromatic carbocycles. The number of hydrogen-bond donors (Lipinski definition) is 0. The first-order valence-corrected chi connectivity index (χ1v) is 2.96. The van der Waals surface area contributed by atoms with Crippen LogP contribution in [0.1, 0.15) is 5.56 Å². The number of hydrogen-bond acceptors (Lipinski definition) is 2. The van der Waals surface area contributed by atoms with Gasteiger partial charge < -0.3 is 0 Å². The van der Waals surface area contributed by atoms with E-state index in [-0.39, 0.29) is 12.1 Å². The van der Waals surface area contributed by atoms with Crippen molar-refractivity contribution in [2.75, 3.05) is 0 Å². The van der Waals surface area contributed by atoms with E-state index in [2.05, 4.69) is 5.18 Å². The molecule has 0 aromatic heterocycles. The zero-order valence-corrected chi connectivity index (χ0v) is 5.55. The van der Waals surface area contributed by atoms with Gasteiger partial charge in [0.25, 0.3) is 0 Å². The van der Waals surface area contributed by atoms with Crippen LogP contribution in [0.4, 0.5) is 8.78 Å². The molecule has 4 heteroatoms. The predicted molar refractivity (Wildman–Crippen MR) is 35.9 cm³/mol. The van der Waals surface area contributed by atoms with Crippen molar-refractivity contribution in [3.05, 3.63) is 40.3 Å². The van der Waals surface area contributed by atoms with Gasteiger partial charge in [0.15, 0.2) is 0 Å². The van der Waals surface area contributed by atoms with Crippen molar-refractivity contribution >= 4 is 0 Å². The van der Waals surface area contributed by atoms with Gasteiger partial charge in [-0.1, -0.05) is 5.18 Å². The Kier molecular flexibility index (Phi) is 2.25. The zero-order chi connectivity index (χ0) is 8.27. The lowest BCUT2D eigenvalue weighted by molar-refractivity contribution is 0.580. The quantitative estimate of drug-likeness (QED) is 0.605. The van der Waals surface area contributed by atoms with Gasteiger partial charge in [0.05, 0.1) is 0 Å². The molecule has 0 saturated heterocycles. The fourth-order valence-corrected chi connectivity index (χ4v) is 0.777. The van der Waals surface area contributed by atoms with Crippen LogP contribution >= 0.6 is 0 Å². The van der Waals surface area contributed by atoms with Crippen molar-refractivity contribution in [3.63, 3.8) is 0 Å². The Balaban J connectivity index is 2.98. The highest BCUT2D eigenvalue weighted by atomic mass is 19.1. The highest BCUT2D eigenvalue weighted by Gasteiger charge is 1.99. The van der Waals surface area contributed by atoms with Crippen LogP contribution in [-0.4, -0.2) is 0 Å². The van der Waals surface area contributed by atoms with Gasteiger partial charge in [0.2, 0.25) is 0 Å². The molecule has 1 aromatic rings. The molecule has 2 nitrogen and oxygen atoms in total. The van der Waals surface area contributed by atoms with Crippen molar-refractivity contribution in [2.24, 2.45) is 5.18 Å². The van der Waals surface area contributed by atoms with E-state index in [0.29, 0.717) is 0 Å². The van der Waals surface area contributed by atoms with Crippen LogP contribution in [0.2, 0.25) is 0 Å². The second-order valence-electron chi connectivity index (χ2n) is 2.06. The molecule has 0 fully saturated rings. The van der Waals surface area contributed by atoms with Crippen LogP contribution in [0.5, 0.6) is 0 Å². The Bertz CT molecular complexity index is 255. The largest absolute Gasteiger partial charge is 0.207 e. The Morgan fingerprint density at radius 1 is 1.18 bits per heavy atom. The van der Waals surface area contributed by atoms with Crippen molar-refractivity contribution in [2.45, 2.75) is 6.54 Å². The van der Waals surface area contributed by atoms with Crippen molar-refractivity contribution in [1.82, 2.24) is 0 Å². The maximum Gasteiger partial charge on any atom is 0.126 e. The zero-order valence-electron chi connectivity index (χ0n) is 5.55. The Hall–Kier alpha value is -1.32. The molecule has 0 spiro atoms. The lowest BCUT2D eigenvalue weighted by Crippen LogP contribution is -1.85. The molecular formula is C7H5F2NO. The average Bonchev–Trinajstić information content (AvgIpc) is 1.85. The van der Waals surface area contributed by atoms with Crippen LogP contribution in [0.25, 0.3) is 0 Å². The van der Waals surface area contributed by atoms with Gasteiger partial charge in [-0.25, -0.2) is 8.78 Å². The maximum atomic E-state index is 12.4. The molecule has 0 unspecified atom stereocenters. The van der Waals surface area contributed by atoms with E-state index in [9.17, 15) is 13.7 Å². The van der Waals surface area contributed by atoms with E-state index in [4.69, 9.17) is 0 Å². The number of nitrogens with zero attached hydrogens (tertiary/aromatic N) is 1. The molecule has 0 aliphatic rings. The van der Waals surface area contributed by atoms with Crippen LogP contribution in [-0.2, 0) is 6.54 Å². The molecule has 11 heavy (non-hydrogen) atoms. The Morgan fingerprint density at radius 3 is 2.18 bits per heavy atom. The van der Waals surface area contributed by atoms with E-state index in [1.807, 2.05) is 0 Å². The van der Waals surface area contributed by atoms with Crippen LogP contribution in [0, 0.1) is 16.5 Å². The normalized spacial score (nSPS) is 9.64. The minimum Gasteiger partial charge on any atom is -0.207 e. The van der Waals surface area contributed by atoms with E-state index in [1.54, 1.807) is 0 Å². The Morgan fingerprint density at radius 2 is 1.73 bits per heavy atom. The molecule has 0 bridgehead atoms. The highest BCUT2D eigenvalue weighted by molar-refractivity contribution is 5.17. The van der Waals surface area contributed by atoms with E-state index < -0.39 is 11.6 Å². The topological polar surface area (TPSA) is 29.4 Å². The molecule has 0 atom stereocenters. The van der Waals surface area contributed by atoms with E-state index in [1.165, 1.54) is 0 Å². The fourth-order valence-electron chi connectivity index (χ4n) is 0.777. The molecule has 0 heterocycles. The summed E-state index contributed by atoms with van der Waals surface area (Å²) in [5.74, 6) is -1.38. The summed E-state index contributed by atoms with van der Waals surface area (Å²) in [6.07, 6.45) is 0. The summed E-state index contributed by atoms with van der Waals surface area (Å²) in [7, 11) is 0. The summed E-state index contributed by atoms with van der Waals surface area (Å²) < 4.78 is 24.7. The first-order valence-electron chi connectivity index (χ1n) is 2.96. The second-order valence-corrected chi connectivity index (χ2v) is 2.06. The summed E-state index contributed by atoms with van der Waals surface area (Å²) in [5.41, 5.74) is 0.248. The van der Waals surface area contributed by atoms with E-state index >= 15 is 0 Å². The molecule has 0 N–H and O–H groups in total.